The minimum atomic E-state index is -3.17. The van der Waals surface area contributed by atoms with Crippen LogP contribution in [0.15, 0.2) is 58.4 Å². The lowest BCUT2D eigenvalue weighted by Crippen LogP contribution is -2.51. The molecule has 0 saturated carbocycles. The predicted molar refractivity (Wildman–Crippen MR) is 125 cm³/mol. The van der Waals surface area contributed by atoms with Crippen molar-refractivity contribution in [2.45, 2.75) is 11.3 Å². The quantitative estimate of drug-likeness (QED) is 0.364. The van der Waals surface area contributed by atoms with Crippen molar-refractivity contribution in [3.8, 4) is 0 Å². The summed E-state index contributed by atoms with van der Waals surface area (Å²) in [6.07, 6.45) is 1.89. The maximum Gasteiger partial charge on any atom is 0.191 e. The second-order valence-electron chi connectivity index (χ2n) is 6.86. The molecule has 3 rings (SSSR count). The number of rotatable bonds is 5. The van der Waals surface area contributed by atoms with E-state index >= 15 is 0 Å². The molecule has 2 aromatic rings. The summed E-state index contributed by atoms with van der Waals surface area (Å²) < 4.78 is 36.0. The van der Waals surface area contributed by atoms with Gasteiger partial charge in [0.25, 0.3) is 0 Å². The van der Waals surface area contributed by atoms with Gasteiger partial charge in [0.05, 0.1) is 4.90 Å². The molecule has 0 amide bonds. The van der Waals surface area contributed by atoms with Gasteiger partial charge in [-0.25, -0.2) is 12.8 Å². The SMILES string of the molecule is CS(=O)(=O)c1ccc(CCN=C(N)N2CCN(c3ccc(F)cc3)CC2)cc1.I. The highest BCUT2D eigenvalue weighted by molar-refractivity contribution is 14.0. The van der Waals surface area contributed by atoms with Crippen LogP contribution in [0.2, 0.25) is 0 Å². The van der Waals surface area contributed by atoms with Crippen molar-refractivity contribution in [3.05, 3.63) is 59.9 Å². The van der Waals surface area contributed by atoms with Crippen LogP contribution in [0, 0.1) is 5.82 Å². The van der Waals surface area contributed by atoms with Crippen LogP contribution in [0.25, 0.3) is 0 Å². The van der Waals surface area contributed by atoms with Gasteiger partial charge < -0.3 is 15.5 Å². The molecule has 1 aliphatic rings. The third-order valence-electron chi connectivity index (χ3n) is 4.82. The molecule has 0 unspecified atom stereocenters. The van der Waals surface area contributed by atoms with Gasteiger partial charge in [-0.3, -0.25) is 4.99 Å². The Balaban J connectivity index is 0.00000300. The summed E-state index contributed by atoms with van der Waals surface area (Å²) in [5, 5.41) is 0. The van der Waals surface area contributed by atoms with Crippen LogP contribution in [0.3, 0.4) is 0 Å². The molecule has 0 atom stereocenters. The Morgan fingerprint density at radius 1 is 1.03 bits per heavy atom. The Labute approximate surface area is 188 Å². The summed E-state index contributed by atoms with van der Waals surface area (Å²) in [7, 11) is -3.17. The lowest BCUT2D eigenvalue weighted by atomic mass is 10.1. The highest BCUT2D eigenvalue weighted by atomic mass is 127. The molecule has 1 aliphatic heterocycles. The molecule has 1 heterocycles. The zero-order valence-electron chi connectivity index (χ0n) is 16.3. The van der Waals surface area contributed by atoms with Gasteiger partial charge in [-0.15, -0.1) is 24.0 Å². The van der Waals surface area contributed by atoms with E-state index in [1.807, 2.05) is 17.0 Å². The van der Waals surface area contributed by atoms with Gasteiger partial charge in [-0.2, -0.15) is 0 Å². The number of nitrogens with two attached hydrogens (primary N) is 1. The number of guanidine groups is 1. The zero-order valence-corrected chi connectivity index (χ0v) is 19.4. The normalized spacial score (nSPS) is 15.2. The van der Waals surface area contributed by atoms with Crippen LogP contribution in [0.1, 0.15) is 5.56 Å². The standard InChI is InChI=1S/C20H25FN4O2S.HI/c1-28(26,27)19-8-2-16(3-9-19)10-11-23-20(22)25-14-12-24(13-15-25)18-6-4-17(21)5-7-18;/h2-9H,10-15H2,1H3,(H2,22,23);1H. The van der Waals surface area contributed by atoms with E-state index in [1.54, 1.807) is 24.3 Å². The molecule has 2 aromatic carbocycles. The van der Waals surface area contributed by atoms with Crippen molar-refractivity contribution in [1.29, 1.82) is 0 Å². The van der Waals surface area contributed by atoms with Gasteiger partial charge in [0.15, 0.2) is 15.8 Å². The van der Waals surface area contributed by atoms with E-state index in [0.717, 1.165) is 37.4 Å². The van der Waals surface area contributed by atoms with Gasteiger partial charge in [0.2, 0.25) is 0 Å². The summed E-state index contributed by atoms with van der Waals surface area (Å²) >= 11 is 0. The van der Waals surface area contributed by atoms with Crippen molar-refractivity contribution in [2.75, 3.05) is 43.9 Å². The fraction of sp³-hybridized carbons (Fsp3) is 0.350. The predicted octanol–water partition coefficient (Wildman–Crippen LogP) is 2.53. The second kappa shape index (κ2) is 10.2. The lowest BCUT2D eigenvalue weighted by Gasteiger charge is -2.36. The Morgan fingerprint density at radius 2 is 1.62 bits per heavy atom. The average Bonchev–Trinajstić information content (AvgIpc) is 2.68. The topological polar surface area (TPSA) is 79.0 Å². The number of halogens is 2. The molecule has 0 radical (unpaired) electrons. The van der Waals surface area contributed by atoms with Crippen LogP contribution in [0.5, 0.6) is 0 Å². The maximum atomic E-state index is 13.0. The molecule has 9 heteroatoms. The Morgan fingerprint density at radius 3 is 2.17 bits per heavy atom. The van der Waals surface area contributed by atoms with Crippen molar-refractivity contribution in [3.63, 3.8) is 0 Å². The van der Waals surface area contributed by atoms with E-state index < -0.39 is 9.84 Å². The van der Waals surface area contributed by atoms with Crippen LogP contribution >= 0.6 is 24.0 Å². The minimum absolute atomic E-state index is 0. The molecular weight excluding hydrogens is 506 g/mol. The number of aliphatic imine (C=N–C) groups is 1. The summed E-state index contributed by atoms with van der Waals surface area (Å²) in [4.78, 5) is 9.02. The highest BCUT2D eigenvalue weighted by Gasteiger charge is 2.18. The number of sulfone groups is 1. The van der Waals surface area contributed by atoms with Gasteiger partial charge in [-0.1, -0.05) is 12.1 Å². The molecule has 1 fully saturated rings. The minimum Gasteiger partial charge on any atom is -0.370 e. The van der Waals surface area contributed by atoms with Crippen LogP contribution in [-0.2, 0) is 16.3 Å². The number of nitrogens with zero attached hydrogens (tertiary/aromatic N) is 3. The van der Waals surface area contributed by atoms with Crippen molar-refractivity contribution in [2.24, 2.45) is 10.7 Å². The van der Waals surface area contributed by atoms with Crippen LogP contribution in [0.4, 0.5) is 10.1 Å². The first-order chi connectivity index (χ1) is 13.3. The highest BCUT2D eigenvalue weighted by Crippen LogP contribution is 2.17. The molecule has 2 N–H and O–H groups in total. The smallest absolute Gasteiger partial charge is 0.191 e. The van der Waals surface area contributed by atoms with Gasteiger partial charge in [-0.05, 0) is 48.4 Å². The number of benzene rings is 2. The van der Waals surface area contributed by atoms with Crippen molar-refractivity contribution in [1.82, 2.24) is 4.90 Å². The average molecular weight is 532 g/mol. The summed E-state index contributed by atoms with van der Waals surface area (Å²) in [6, 6.07) is 13.4. The van der Waals surface area contributed by atoms with Gasteiger partial charge in [0.1, 0.15) is 5.82 Å². The zero-order chi connectivity index (χ0) is 20.1. The lowest BCUT2D eigenvalue weighted by molar-refractivity contribution is 0.381. The fourth-order valence-electron chi connectivity index (χ4n) is 3.15. The fourth-order valence-corrected chi connectivity index (χ4v) is 3.78. The number of hydrogen-bond donors (Lipinski definition) is 1. The van der Waals surface area contributed by atoms with E-state index in [9.17, 15) is 12.8 Å². The monoisotopic (exact) mass is 532 g/mol. The summed E-state index contributed by atoms with van der Waals surface area (Å²) in [5.74, 6) is 0.288. The van der Waals surface area contributed by atoms with Crippen LogP contribution in [-0.4, -0.2) is 58.3 Å². The molecule has 0 spiro atoms. The third kappa shape index (κ3) is 6.56. The Hall–Kier alpha value is -1.88. The van der Waals surface area contributed by atoms with E-state index in [-0.39, 0.29) is 29.8 Å². The van der Waals surface area contributed by atoms with Crippen molar-refractivity contribution < 1.29 is 12.8 Å². The molecule has 29 heavy (non-hydrogen) atoms. The number of hydrogen-bond acceptors (Lipinski definition) is 4. The first-order valence-corrected chi connectivity index (χ1v) is 11.1. The van der Waals surface area contributed by atoms with Gasteiger partial charge >= 0.3 is 0 Å². The van der Waals surface area contributed by atoms with Gasteiger partial charge in [0, 0.05) is 44.7 Å². The molecule has 0 aliphatic carbocycles. The first kappa shape index (κ1) is 23.4. The van der Waals surface area contributed by atoms with E-state index in [2.05, 4.69) is 9.89 Å². The Kier molecular flexibility index (Phi) is 8.26. The summed E-state index contributed by atoms with van der Waals surface area (Å²) in [5.41, 5.74) is 8.15. The second-order valence-corrected chi connectivity index (χ2v) is 8.87. The molecular formula is C20H26FIN4O2S. The van der Waals surface area contributed by atoms with E-state index in [0.29, 0.717) is 23.8 Å². The molecule has 0 aromatic heterocycles. The third-order valence-corrected chi connectivity index (χ3v) is 5.95. The van der Waals surface area contributed by atoms with Crippen LogP contribution < -0.4 is 10.6 Å². The molecule has 1 saturated heterocycles. The van der Waals surface area contributed by atoms with E-state index in [1.165, 1.54) is 18.4 Å². The summed E-state index contributed by atoms with van der Waals surface area (Å²) in [6.45, 7) is 3.66. The Bertz CT molecular complexity index is 926. The molecule has 158 valence electrons. The first-order valence-electron chi connectivity index (χ1n) is 9.17. The van der Waals surface area contributed by atoms with E-state index in [4.69, 9.17) is 5.73 Å². The number of piperazine rings is 1. The van der Waals surface area contributed by atoms with Crippen molar-refractivity contribution >= 4 is 45.5 Å². The molecule has 6 nitrogen and oxygen atoms in total. The molecule has 0 bridgehead atoms. The largest absolute Gasteiger partial charge is 0.370 e. The maximum absolute atomic E-state index is 13.0. The number of anilines is 1.